The first-order valence-electron chi connectivity index (χ1n) is 7.29. The van der Waals surface area contributed by atoms with E-state index in [4.69, 9.17) is 0 Å². The predicted octanol–water partition coefficient (Wildman–Crippen LogP) is 2.91. The Hall–Kier alpha value is -1.45. The van der Waals surface area contributed by atoms with Crippen molar-refractivity contribution >= 4 is 10.9 Å². The van der Waals surface area contributed by atoms with Crippen LogP contribution in [0.25, 0.3) is 10.9 Å². The Morgan fingerprint density at radius 2 is 1.90 bits per heavy atom. The highest BCUT2D eigenvalue weighted by molar-refractivity contribution is 5.81. The zero-order chi connectivity index (χ0) is 14.5. The van der Waals surface area contributed by atoms with Crippen molar-refractivity contribution in [3.05, 3.63) is 42.1 Å². The summed E-state index contributed by atoms with van der Waals surface area (Å²) in [5.74, 6) is 0.642. The van der Waals surface area contributed by atoms with E-state index in [1.807, 2.05) is 12.3 Å². The van der Waals surface area contributed by atoms with Gasteiger partial charge >= 0.3 is 0 Å². The molecule has 1 N–H and O–H groups in total. The van der Waals surface area contributed by atoms with Crippen LogP contribution in [0.1, 0.15) is 19.4 Å². The first kappa shape index (κ1) is 14.9. The van der Waals surface area contributed by atoms with Gasteiger partial charge < -0.3 is 10.2 Å². The molecule has 0 spiro atoms. The van der Waals surface area contributed by atoms with Gasteiger partial charge in [-0.1, -0.05) is 38.1 Å². The molecule has 1 aromatic heterocycles. The number of pyridine rings is 1. The highest BCUT2D eigenvalue weighted by Gasteiger charge is 2.15. The molecule has 0 saturated heterocycles. The molecule has 0 fully saturated rings. The smallest absolute Gasteiger partial charge is 0.0746 e. The maximum Gasteiger partial charge on any atom is 0.0746 e. The normalized spacial score (nSPS) is 13.3. The van der Waals surface area contributed by atoms with Gasteiger partial charge in [-0.15, -0.1) is 0 Å². The molecule has 2 aromatic rings. The van der Waals surface area contributed by atoms with E-state index in [0.29, 0.717) is 12.0 Å². The molecule has 1 unspecified atom stereocenters. The molecule has 0 aliphatic rings. The number of hydrogen-bond donors (Lipinski definition) is 1. The Balaban J connectivity index is 2.03. The molecule has 0 saturated carbocycles. The summed E-state index contributed by atoms with van der Waals surface area (Å²) < 4.78 is 0. The molecule has 2 rings (SSSR count). The van der Waals surface area contributed by atoms with Gasteiger partial charge in [0, 0.05) is 30.7 Å². The fourth-order valence-electron chi connectivity index (χ4n) is 2.68. The van der Waals surface area contributed by atoms with E-state index in [1.165, 1.54) is 10.9 Å². The number of aromatic nitrogens is 1. The van der Waals surface area contributed by atoms with E-state index in [2.05, 4.69) is 67.4 Å². The van der Waals surface area contributed by atoms with E-state index in [1.54, 1.807) is 0 Å². The largest absolute Gasteiger partial charge is 0.311 e. The van der Waals surface area contributed by atoms with Crippen LogP contribution in [0.2, 0.25) is 0 Å². The standard InChI is InChI=1S/C17H25N3/c1-13(2)16(20(3)4)12-18-11-15-8-5-7-14-9-6-10-19-17(14)15/h5-10,13,16,18H,11-12H2,1-4H3. The summed E-state index contributed by atoms with van der Waals surface area (Å²) >= 11 is 0. The Morgan fingerprint density at radius 1 is 1.15 bits per heavy atom. The van der Waals surface area contributed by atoms with Gasteiger partial charge in [-0.2, -0.15) is 0 Å². The number of benzene rings is 1. The van der Waals surface area contributed by atoms with Crippen molar-refractivity contribution in [3.8, 4) is 0 Å². The second-order valence-electron chi connectivity index (χ2n) is 5.90. The molecule has 3 heteroatoms. The Morgan fingerprint density at radius 3 is 2.60 bits per heavy atom. The van der Waals surface area contributed by atoms with Crippen LogP contribution in [-0.2, 0) is 6.54 Å². The number of nitrogens with one attached hydrogen (secondary N) is 1. The number of hydrogen-bond acceptors (Lipinski definition) is 3. The predicted molar refractivity (Wildman–Crippen MR) is 85.8 cm³/mol. The quantitative estimate of drug-likeness (QED) is 0.875. The molecule has 3 nitrogen and oxygen atoms in total. The van der Waals surface area contributed by atoms with Gasteiger partial charge in [0.15, 0.2) is 0 Å². The van der Waals surface area contributed by atoms with Crippen LogP contribution in [-0.4, -0.2) is 36.6 Å². The third kappa shape index (κ3) is 3.56. The average Bonchev–Trinajstić information content (AvgIpc) is 2.42. The molecule has 0 amide bonds. The van der Waals surface area contributed by atoms with Crippen LogP contribution in [0.3, 0.4) is 0 Å². The van der Waals surface area contributed by atoms with Crippen LogP contribution in [0.5, 0.6) is 0 Å². The van der Waals surface area contributed by atoms with E-state index in [-0.39, 0.29) is 0 Å². The summed E-state index contributed by atoms with van der Waals surface area (Å²) in [7, 11) is 4.29. The van der Waals surface area contributed by atoms with Crippen molar-refractivity contribution in [1.29, 1.82) is 0 Å². The zero-order valence-electron chi connectivity index (χ0n) is 12.9. The number of rotatable bonds is 6. The minimum absolute atomic E-state index is 0.554. The van der Waals surface area contributed by atoms with Crippen molar-refractivity contribution < 1.29 is 0 Å². The van der Waals surface area contributed by atoms with Gasteiger partial charge in [-0.3, -0.25) is 4.98 Å². The van der Waals surface area contributed by atoms with Crippen molar-refractivity contribution in [2.45, 2.75) is 26.4 Å². The van der Waals surface area contributed by atoms with Gasteiger partial charge in [0.2, 0.25) is 0 Å². The number of likely N-dealkylation sites (N-methyl/N-ethyl adjacent to an activating group) is 1. The third-order valence-electron chi connectivity index (χ3n) is 3.82. The maximum absolute atomic E-state index is 4.50. The minimum Gasteiger partial charge on any atom is -0.311 e. The second kappa shape index (κ2) is 6.82. The molecule has 108 valence electrons. The van der Waals surface area contributed by atoms with E-state index in [0.717, 1.165) is 18.6 Å². The first-order chi connectivity index (χ1) is 9.59. The Labute approximate surface area is 122 Å². The SMILES string of the molecule is CC(C)C(CNCc1cccc2cccnc12)N(C)C. The highest BCUT2D eigenvalue weighted by Crippen LogP contribution is 2.15. The highest BCUT2D eigenvalue weighted by atomic mass is 15.1. The summed E-state index contributed by atoms with van der Waals surface area (Å²) in [6.45, 7) is 6.40. The van der Waals surface area contributed by atoms with E-state index < -0.39 is 0 Å². The number of nitrogens with zero attached hydrogens (tertiary/aromatic N) is 2. The van der Waals surface area contributed by atoms with Crippen molar-refractivity contribution in [1.82, 2.24) is 15.2 Å². The summed E-state index contributed by atoms with van der Waals surface area (Å²) in [5, 5.41) is 4.78. The zero-order valence-corrected chi connectivity index (χ0v) is 12.9. The fraction of sp³-hybridized carbons (Fsp3) is 0.471. The van der Waals surface area contributed by atoms with Crippen molar-refractivity contribution in [3.63, 3.8) is 0 Å². The van der Waals surface area contributed by atoms with Crippen molar-refractivity contribution in [2.75, 3.05) is 20.6 Å². The lowest BCUT2D eigenvalue weighted by atomic mass is 10.0. The third-order valence-corrected chi connectivity index (χ3v) is 3.82. The molecule has 20 heavy (non-hydrogen) atoms. The van der Waals surface area contributed by atoms with Crippen LogP contribution in [0.4, 0.5) is 0 Å². The molecule has 0 aliphatic heterocycles. The number of fused-ring (bicyclic) bond motifs is 1. The summed E-state index contributed by atoms with van der Waals surface area (Å²) in [5.41, 5.74) is 2.37. The average molecular weight is 271 g/mol. The minimum atomic E-state index is 0.554. The molecule has 1 aromatic carbocycles. The van der Waals surface area contributed by atoms with E-state index in [9.17, 15) is 0 Å². The summed E-state index contributed by atoms with van der Waals surface area (Å²) in [6, 6.07) is 11.0. The van der Waals surface area contributed by atoms with Crippen LogP contribution >= 0.6 is 0 Å². The van der Waals surface area contributed by atoms with Gasteiger partial charge in [-0.05, 0) is 31.6 Å². The Kier molecular flexibility index (Phi) is 5.10. The lowest BCUT2D eigenvalue weighted by molar-refractivity contribution is 0.224. The molecule has 0 radical (unpaired) electrons. The van der Waals surface area contributed by atoms with Crippen LogP contribution in [0, 0.1) is 5.92 Å². The van der Waals surface area contributed by atoms with Crippen LogP contribution < -0.4 is 5.32 Å². The molecular formula is C17H25N3. The van der Waals surface area contributed by atoms with Crippen molar-refractivity contribution in [2.24, 2.45) is 5.92 Å². The topological polar surface area (TPSA) is 28.2 Å². The lowest BCUT2D eigenvalue weighted by Gasteiger charge is -2.28. The molecule has 0 bridgehead atoms. The Bertz CT molecular complexity index is 535. The lowest BCUT2D eigenvalue weighted by Crippen LogP contribution is -2.41. The number of para-hydroxylation sites is 1. The summed E-state index contributed by atoms with van der Waals surface area (Å²) in [6.07, 6.45) is 1.86. The van der Waals surface area contributed by atoms with E-state index >= 15 is 0 Å². The van der Waals surface area contributed by atoms with Gasteiger partial charge in [0.1, 0.15) is 0 Å². The van der Waals surface area contributed by atoms with Gasteiger partial charge in [0.25, 0.3) is 0 Å². The second-order valence-corrected chi connectivity index (χ2v) is 5.90. The summed E-state index contributed by atoms with van der Waals surface area (Å²) in [4.78, 5) is 6.79. The first-order valence-corrected chi connectivity index (χ1v) is 7.29. The van der Waals surface area contributed by atoms with Gasteiger partial charge in [-0.25, -0.2) is 0 Å². The monoisotopic (exact) mass is 271 g/mol. The van der Waals surface area contributed by atoms with Crippen LogP contribution in [0.15, 0.2) is 36.5 Å². The maximum atomic E-state index is 4.50. The fourth-order valence-corrected chi connectivity index (χ4v) is 2.68. The molecular weight excluding hydrogens is 246 g/mol. The molecule has 0 aliphatic carbocycles. The molecule has 1 atom stereocenters. The molecule has 1 heterocycles. The van der Waals surface area contributed by atoms with Gasteiger partial charge in [0.05, 0.1) is 5.52 Å².